The van der Waals surface area contributed by atoms with Gasteiger partial charge >= 0.3 is 0 Å². The summed E-state index contributed by atoms with van der Waals surface area (Å²) < 4.78 is 10.9. The van der Waals surface area contributed by atoms with Gasteiger partial charge in [0.25, 0.3) is 0 Å². The number of nitrogens with one attached hydrogen (secondary N) is 1. The third-order valence-corrected chi connectivity index (χ3v) is 4.47. The first-order chi connectivity index (χ1) is 14.2. The maximum absolute atomic E-state index is 5.74. The van der Waals surface area contributed by atoms with Crippen molar-refractivity contribution in [1.29, 1.82) is 0 Å². The van der Waals surface area contributed by atoms with Crippen LogP contribution in [0.25, 0.3) is 0 Å². The third kappa shape index (κ3) is 6.10. The van der Waals surface area contributed by atoms with E-state index in [0.29, 0.717) is 25.1 Å². The normalized spacial score (nSPS) is 10.6. The zero-order chi connectivity index (χ0) is 20.5. The van der Waals surface area contributed by atoms with Crippen LogP contribution in [0.2, 0.25) is 0 Å². The Hall–Kier alpha value is -3.28. The molecule has 0 atom stereocenters. The van der Waals surface area contributed by atoms with Crippen LogP contribution >= 0.6 is 0 Å². The van der Waals surface area contributed by atoms with E-state index in [0.717, 1.165) is 23.9 Å². The predicted molar refractivity (Wildman–Crippen MR) is 117 cm³/mol. The Balaban J connectivity index is 1.56. The summed E-state index contributed by atoms with van der Waals surface area (Å²) in [7, 11) is 1.65. The Morgan fingerprint density at radius 3 is 2.38 bits per heavy atom. The van der Waals surface area contributed by atoms with Crippen molar-refractivity contribution < 1.29 is 9.47 Å². The highest BCUT2D eigenvalue weighted by Gasteiger charge is 2.13. The molecule has 0 aliphatic carbocycles. The van der Waals surface area contributed by atoms with Crippen molar-refractivity contribution >= 4 is 11.8 Å². The summed E-state index contributed by atoms with van der Waals surface area (Å²) in [5.74, 6) is 3.11. The number of methoxy groups -OCH3 is 1. The minimum absolute atomic E-state index is 0.316. The van der Waals surface area contributed by atoms with Gasteiger partial charge in [0.1, 0.15) is 23.9 Å². The van der Waals surface area contributed by atoms with Gasteiger partial charge in [0.15, 0.2) is 0 Å². The average molecular weight is 393 g/mol. The van der Waals surface area contributed by atoms with Crippen molar-refractivity contribution in [3.05, 3.63) is 72.4 Å². The molecule has 0 aliphatic heterocycles. The molecule has 1 heterocycles. The SMILES string of the molecule is COc1ccc(OCCNc2nccc(N(Cc3ccccc3)C(C)C)n2)cc1. The third-order valence-electron chi connectivity index (χ3n) is 4.47. The summed E-state index contributed by atoms with van der Waals surface area (Å²) >= 11 is 0. The highest BCUT2D eigenvalue weighted by Crippen LogP contribution is 2.19. The van der Waals surface area contributed by atoms with Gasteiger partial charge in [-0.1, -0.05) is 30.3 Å². The number of ether oxygens (including phenoxy) is 2. The number of benzene rings is 2. The molecule has 0 unspecified atom stereocenters. The molecule has 0 fully saturated rings. The molecule has 3 aromatic rings. The quantitative estimate of drug-likeness (QED) is 0.517. The molecule has 3 rings (SSSR count). The van der Waals surface area contributed by atoms with Crippen molar-refractivity contribution in [3.8, 4) is 11.5 Å². The highest BCUT2D eigenvalue weighted by atomic mass is 16.5. The molecule has 29 heavy (non-hydrogen) atoms. The molecule has 0 aliphatic rings. The van der Waals surface area contributed by atoms with E-state index in [4.69, 9.17) is 9.47 Å². The second kappa shape index (κ2) is 10.3. The standard InChI is InChI=1S/C23H28N4O2/c1-18(2)27(17-19-7-5-4-6-8-19)22-13-14-24-23(26-22)25-15-16-29-21-11-9-20(28-3)10-12-21/h4-14,18H,15-17H2,1-3H3,(H,24,25,26). The van der Waals surface area contributed by atoms with Crippen molar-refractivity contribution in [2.75, 3.05) is 30.5 Å². The topological polar surface area (TPSA) is 59.5 Å². The second-order valence-corrected chi connectivity index (χ2v) is 6.90. The Labute approximate surface area is 172 Å². The lowest BCUT2D eigenvalue weighted by Crippen LogP contribution is -2.31. The molecule has 152 valence electrons. The van der Waals surface area contributed by atoms with Crippen LogP contribution in [0.1, 0.15) is 19.4 Å². The first-order valence-corrected chi connectivity index (χ1v) is 9.80. The number of rotatable bonds is 10. The van der Waals surface area contributed by atoms with Gasteiger partial charge in [-0.3, -0.25) is 0 Å². The van der Waals surface area contributed by atoms with Crippen LogP contribution in [-0.2, 0) is 6.54 Å². The van der Waals surface area contributed by atoms with E-state index >= 15 is 0 Å². The molecule has 6 heteroatoms. The largest absolute Gasteiger partial charge is 0.497 e. The lowest BCUT2D eigenvalue weighted by Gasteiger charge is -2.28. The van der Waals surface area contributed by atoms with Crippen LogP contribution in [0, 0.1) is 0 Å². The molecule has 1 aromatic heterocycles. The molecule has 0 saturated carbocycles. The van der Waals surface area contributed by atoms with E-state index in [1.54, 1.807) is 13.3 Å². The number of aromatic nitrogens is 2. The van der Waals surface area contributed by atoms with E-state index in [-0.39, 0.29) is 0 Å². The van der Waals surface area contributed by atoms with E-state index < -0.39 is 0 Å². The van der Waals surface area contributed by atoms with Gasteiger partial charge < -0.3 is 19.7 Å². The molecular weight excluding hydrogens is 364 g/mol. The number of hydrogen-bond donors (Lipinski definition) is 1. The van der Waals surface area contributed by atoms with Gasteiger partial charge in [0.2, 0.25) is 5.95 Å². The molecule has 0 bridgehead atoms. The Morgan fingerprint density at radius 2 is 1.69 bits per heavy atom. The number of anilines is 2. The number of nitrogens with zero attached hydrogens (tertiary/aromatic N) is 3. The van der Waals surface area contributed by atoms with Crippen molar-refractivity contribution in [2.24, 2.45) is 0 Å². The van der Waals surface area contributed by atoms with Crippen LogP contribution in [0.15, 0.2) is 66.9 Å². The summed E-state index contributed by atoms with van der Waals surface area (Å²) in [6.07, 6.45) is 1.79. The molecular formula is C23H28N4O2. The van der Waals surface area contributed by atoms with Crippen LogP contribution < -0.4 is 19.7 Å². The average Bonchev–Trinajstić information content (AvgIpc) is 2.76. The zero-order valence-electron chi connectivity index (χ0n) is 17.2. The number of hydrogen-bond acceptors (Lipinski definition) is 6. The van der Waals surface area contributed by atoms with E-state index in [1.807, 2.05) is 36.4 Å². The summed E-state index contributed by atoms with van der Waals surface area (Å²) in [4.78, 5) is 11.3. The summed E-state index contributed by atoms with van der Waals surface area (Å²) in [5, 5.41) is 3.24. The minimum Gasteiger partial charge on any atom is -0.497 e. The van der Waals surface area contributed by atoms with Gasteiger partial charge in [0, 0.05) is 18.8 Å². The Kier molecular flexibility index (Phi) is 7.28. The van der Waals surface area contributed by atoms with Crippen molar-refractivity contribution in [2.45, 2.75) is 26.4 Å². The van der Waals surface area contributed by atoms with Crippen LogP contribution in [-0.4, -0.2) is 36.3 Å². The first-order valence-electron chi connectivity index (χ1n) is 9.80. The summed E-state index contributed by atoms with van der Waals surface area (Å²) in [6, 6.07) is 20.2. The predicted octanol–water partition coefficient (Wildman–Crippen LogP) is 4.39. The minimum atomic E-state index is 0.316. The highest BCUT2D eigenvalue weighted by molar-refractivity contribution is 5.44. The van der Waals surface area contributed by atoms with Gasteiger partial charge in [-0.15, -0.1) is 0 Å². The smallest absolute Gasteiger partial charge is 0.224 e. The Bertz CT molecular complexity index is 870. The fraction of sp³-hybridized carbons (Fsp3) is 0.304. The first kappa shape index (κ1) is 20.5. The Morgan fingerprint density at radius 1 is 0.966 bits per heavy atom. The van der Waals surface area contributed by atoms with Crippen LogP contribution in [0.4, 0.5) is 11.8 Å². The van der Waals surface area contributed by atoms with Gasteiger partial charge in [0.05, 0.1) is 13.7 Å². The summed E-state index contributed by atoms with van der Waals surface area (Å²) in [5.41, 5.74) is 1.25. The summed E-state index contributed by atoms with van der Waals surface area (Å²) in [6.45, 7) is 6.25. The molecule has 0 amide bonds. The maximum atomic E-state index is 5.74. The van der Waals surface area contributed by atoms with E-state index in [2.05, 4.69) is 58.3 Å². The van der Waals surface area contributed by atoms with Crippen LogP contribution in [0.5, 0.6) is 11.5 Å². The molecule has 6 nitrogen and oxygen atoms in total. The second-order valence-electron chi connectivity index (χ2n) is 6.90. The molecule has 2 aromatic carbocycles. The lowest BCUT2D eigenvalue weighted by molar-refractivity contribution is 0.331. The van der Waals surface area contributed by atoms with Crippen molar-refractivity contribution in [3.63, 3.8) is 0 Å². The van der Waals surface area contributed by atoms with Gasteiger partial charge in [-0.2, -0.15) is 4.98 Å². The van der Waals surface area contributed by atoms with Crippen molar-refractivity contribution in [1.82, 2.24) is 9.97 Å². The fourth-order valence-electron chi connectivity index (χ4n) is 2.91. The zero-order valence-corrected chi connectivity index (χ0v) is 17.2. The monoisotopic (exact) mass is 392 g/mol. The van der Waals surface area contributed by atoms with E-state index in [1.165, 1.54) is 5.56 Å². The van der Waals surface area contributed by atoms with E-state index in [9.17, 15) is 0 Å². The maximum Gasteiger partial charge on any atom is 0.224 e. The molecule has 1 N–H and O–H groups in total. The fourth-order valence-corrected chi connectivity index (χ4v) is 2.91. The van der Waals surface area contributed by atoms with Gasteiger partial charge in [-0.25, -0.2) is 4.98 Å². The molecule has 0 spiro atoms. The van der Waals surface area contributed by atoms with Gasteiger partial charge in [-0.05, 0) is 49.7 Å². The molecule has 0 saturated heterocycles. The van der Waals surface area contributed by atoms with Crippen LogP contribution in [0.3, 0.4) is 0 Å². The molecule has 0 radical (unpaired) electrons. The lowest BCUT2D eigenvalue weighted by atomic mass is 10.2.